The van der Waals surface area contributed by atoms with Gasteiger partial charge >= 0.3 is 0 Å². The fraction of sp³-hybridized carbons (Fsp3) is 0.381. The van der Waals surface area contributed by atoms with Gasteiger partial charge in [0.2, 0.25) is 0 Å². The van der Waals surface area contributed by atoms with Crippen molar-refractivity contribution in [2.45, 2.75) is 25.0 Å². The molecule has 2 fully saturated rings. The maximum atomic E-state index is 13.9. The number of benzene rings is 2. The van der Waals surface area contributed by atoms with Crippen molar-refractivity contribution >= 4 is 11.6 Å². The zero-order valence-electron chi connectivity index (χ0n) is 15.3. The zero-order chi connectivity index (χ0) is 19.7. The lowest BCUT2D eigenvalue weighted by atomic mass is 9.88. The molecular formula is C21H21F3N2O2. The second-order valence-corrected chi connectivity index (χ2v) is 7.42. The first-order valence-electron chi connectivity index (χ1n) is 9.31. The summed E-state index contributed by atoms with van der Waals surface area (Å²) in [5.74, 6) is -2.23. The van der Waals surface area contributed by atoms with Crippen molar-refractivity contribution < 1.29 is 22.7 Å². The van der Waals surface area contributed by atoms with E-state index in [1.54, 1.807) is 23.1 Å². The van der Waals surface area contributed by atoms with Crippen molar-refractivity contribution in [1.82, 2.24) is 4.90 Å². The molecule has 0 aromatic heterocycles. The van der Waals surface area contributed by atoms with Gasteiger partial charge in [-0.05, 0) is 37.1 Å². The summed E-state index contributed by atoms with van der Waals surface area (Å²) in [4.78, 5) is 15.9. The first kappa shape index (κ1) is 19.0. The second kappa shape index (κ2) is 7.56. The number of nitrogens with zero attached hydrogens (tertiary/aromatic N) is 2. The minimum absolute atomic E-state index is 0.0466. The van der Waals surface area contributed by atoms with E-state index in [1.807, 2.05) is 0 Å². The summed E-state index contributed by atoms with van der Waals surface area (Å²) < 4.78 is 46.8. The molecule has 7 heteroatoms. The summed E-state index contributed by atoms with van der Waals surface area (Å²) in [7, 11) is 0. The number of likely N-dealkylation sites (tertiary alicyclic amines) is 1. The second-order valence-electron chi connectivity index (χ2n) is 7.42. The Morgan fingerprint density at radius 3 is 2.54 bits per heavy atom. The molecule has 0 saturated carbocycles. The molecule has 1 spiro atoms. The number of morpholine rings is 1. The Morgan fingerprint density at radius 1 is 1.04 bits per heavy atom. The number of carbonyl (C=O) groups is 1. The Labute approximate surface area is 161 Å². The fourth-order valence-electron chi connectivity index (χ4n) is 3.93. The predicted octanol–water partition coefficient (Wildman–Crippen LogP) is 3.50. The first-order valence-corrected chi connectivity index (χ1v) is 9.31. The lowest BCUT2D eigenvalue weighted by Gasteiger charge is -2.47. The van der Waals surface area contributed by atoms with Gasteiger partial charge in [-0.1, -0.05) is 18.2 Å². The highest BCUT2D eigenvalue weighted by Gasteiger charge is 2.42. The van der Waals surface area contributed by atoms with Crippen molar-refractivity contribution in [3.05, 3.63) is 65.5 Å². The number of hydrogen-bond donors (Lipinski definition) is 0. The van der Waals surface area contributed by atoms with Crippen molar-refractivity contribution in [3.63, 3.8) is 0 Å². The minimum Gasteiger partial charge on any atom is -0.363 e. The molecule has 148 valence electrons. The van der Waals surface area contributed by atoms with Crippen LogP contribution in [0.3, 0.4) is 0 Å². The summed E-state index contributed by atoms with van der Waals surface area (Å²) >= 11 is 0. The van der Waals surface area contributed by atoms with Crippen molar-refractivity contribution in [2.75, 3.05) is 31.1 Å². The first-order chi connectivity index (χ1) is 13.5. The van der Waals surface area contributed by atoms with E-state index in [4.69, 9.17) is 4.74 Å². The van der Waals surface area contributed by atoms with Crippen LogP contribution in [-0.4, -0.2) is 42.6 Å². The van der Waals surface area contributed by atoms with Gasteiger partial charge in [0.1, 0.15) is 12.4 Å². The minimum atomic E-state index is -0.842. The van der Waals surface area contributed by atoms with Gasteiger partial charge in [0.25, 0.3) is 5.91 Å². The van der Waals surface area contributed by atoms with Crippen LogP contribution >= 0.6 is 0 Å². The molecule has 2 heterocycles. The zero-order valence-corrected chi connectivity index (χ0v) is 15.3. The lowest BCUT2D eigenvalue weighted by Crippen LogP contribution is -2.58. The quantitative estimate of drug-likeness (QED) is 0.804. The van der Waals surface area contributed by atoms with Gasteiger partial charge in [0, 0.05) is 30.9 Å². The highest BCUT2D eigenvalue weighted by atomic mass is 19.2. The number of hydrogen-bond acceptors (Lipinski definition) is 3. The number of anilines is 1. The van der Waals surface area contributed by atoms with Crippen LogP contribution in [0.1, 0.15) is 18.4 Å². The van der Waals surface area contributed by atoms with Crippen LogP contribution in [0.5, 0.6) is 0 Å². The molecule has 0 atom stereocenters. The number of piperidine rings is 1. The van der Waals surface area contributed by atoms with Gasteiger partial charge in [0.15, 0.2) is 11.6 Å². The van der Waals surface area contributed by atoms with E-state index in [0.717, 1.165) is 6.07 Å². The van der Waals surface area contributed by atoms with E-state index in [0.29, 0.717) is 50.3 Å². The molecule has 2 aliphatic heterocycles. The molecule has 0 bridgehead atoms. The molecule has 4 nitrogen and oxygen atoms in total. The Bertz CT molecular complexity index is 882. The molecule has 0 radical (unpaired) electrons. The smallest absolute Gasteiger partial charge is 0.253 e. The summed E-state index contributed by atoms with van der Waals surface area (Å²) in [6.45, 7) is 1.92. The molecule has 2 aromatic carbocycles. The van der Waals surface area contributed by atoms with E-state index in [2.05, 4.69) is 4.90 Å². The number of rotatable bonds is 3. The van der Waals surface area contributed by atoms with Crippen LogP contribution in [0, 0.1) is 17.5 Å². The third-order valence-electron chi connectivity index (χ3n) is 5.56. The number of ether oxygens (including phenoxy) is 1. The van der Waals surface area contributed by atoms with E-state index in [-0.39, 0.29) is 12.5 Å². The highest BCUT2D eigenvalue weighted by molar-refractivity contribution is 5.95. The van der Waals surface area contributed by atoms with Gasteiger partial charge in [-0.15, -0.1) is 0 Å². The standard InChI is InChI=1S/C21H21F3N2O2/c22-16-4-2-5-17(11-16)26-14-21(28-13-19(26)27)7-9-25(10-8-21)12-15-3-1-6-18(23)20(15)24/h1-6,11H,7-10,12-14H2. The summed E-state index contributed by atoms with van der Waals surface area (Å²) in [5, 5.41) is 0. The van der Waals surface area contributed by atoms with E-state index >= 15 is 0 Å². The van der Waals surface area contributed by atoms with Crippen LogP contribution in [0.2, 0.25) is 0 Å². The topological polar surface area (TPSA) is 32.8 Å². The van der Waals surface area contributed by atoms with Gasteiger partial charge in [0.05, 0.1) is 12.1 Å². The third-order valence-corrected chi connectivity index (χ3v) is 5.56. The Hall–Kier alpha value is -2.38. The molecule has 0 unspecified atom stereocenters. The number of amides is 1. The van der Waals surface area contributed by atoms with Crippen LogP contribution in [-0.2, 0) is 16.1 Å². The summed E-state index contributed by atoms with van der Waals surface area (Å²) in [6.07, 6.45) is 1.31. The Kier molecular flexibility index (Phi) is 5.12. The lowest BCUT2D eigenvalue weighted by molar-refractivity contribution is -0.145. The van der Waals surface area contributed by atoms with E-state index < -0.39 is 23.1 Å². The summed E-state index contributed by atoms with van der Waals surface area (Å²) in [5.41, 5.74) is 0.353. The van der Waals surface area contributed by atoms with Crippen molar-refractivity contribution in [1.29, 1.82) is 0 Å². The summed E-state index contributed by atoms with van der Waals surface area (Å²) in [6, 6.07) is 10.2. The Balaban J connectivity index is 1.43. The molecule has 0 N–H and O–H groups in total. The predicted molar refractivity (Wildman–Crippen MR) is 98.3 cm³/mol. The molecule has 1 amide bonds. The number of halogens is 3. The average Bonchev–Trinajstić information content (AvgIpc) is 2.69. The highest BCUT2D eigenvalue weighted by Crippen LogP contribution is 2.33. The van der Waals surface area contributed by atoms with E-state index in [9.17, 15) is 18.0 Å². The molecule has 0 aliphatic carbocycles. The van der Waals surface area contributed by atoms with Crippen molar-refractivity contribution in [3.8, 4) is 0 Å². The SMILES string of the molecule is O=C1COC2(CCN(Cc3cccc(F)c3F)CC2)CN1c1cccc(F)c1. The molecular weight excluding hydrogens is 369 g/mol. The monoisotopic (exact) mass is 390 g/mol. The molecule has 2 saturated heterocycles. The van der Waals surface area contributed by atoms with Gasteiger partial charge in [-0.2, -0.15) is 0 Å². The molecule has 2 aliphatic rings. The molecule has 4 rings (SSSR count). The van der Waals surface area contributed by atoms with Gasteiger partial charge in [-0.25, -0.2) is 13.2 Å². The maximum absolute atomic E-state index is 13.9. The van der Waals surface area contributed by atoms with Crippen LogP contribution < -0.4 is 4.90 Å². The largest absolute Gasteiger partial charge is 0.363 e. The molecule has 2 aromatic rings. The Morgan fingerprint density at radius 2 is 1.79 bits per heavy atom. The maximum Gasteiger partial charge on any atom is 0.253 e. The third kappa shape index (κ3) is 3.77. The van der Waals surface area contributed by atoms with Gasteiger partial charge in [-0.3, -0.25) is 9.69 Å². The van der Waals surface area contributed by atoms with Crippen LogP contribution in [0.4, 0.5) is 18.9 Å². The van der Waals surface area contributed by atoms with Gasteiger partial charge < -0.3 is 9.64 Å². The van der Waals surface area contributed by atoms with E-state index in [1.165, 1.54) is 18.2 Å². The normalized spacial score (nSPS) is 20.0. The fourth-order valence-corrected chi connectivity index (χ4v) is 3.93. The van der Waals surface area contributed by atoms with Crippen molar-refractivity contribution in [2.24, 2.45) is 0 Å². The van der Waals surface area contributed by atoms with Crippen LogP contribution in [0.25, 0.3) is 0 Å². The average molecular weight is 390 g/mol. The number of carbonyl (C=O) groups excluding carboxylic acids is 1. The molecule has 28 heavy (non-hydrogen) atoms. The van der Waals surface area contributed by atoms with Crippen LogP contribution in [0.15, 0.2) is 42.5 Å².